The number of ether oxygens (including phenoxy) is 1. The molecule has 1 aliphatic heterocycles. The molecule has 0 saturated heterocycles. The van der Waals surface area contributed by atoms with Gasteiger partial charge in [0, 0.05) is 16.7 Å². The fourth-order valence-corrected chi connectivity index (χ4v) is 5.00. The van der Waals surface area contributed by atoms with Gasteiger partial charge in [-0.2, -0.15) is 0 Å². The Morgan fingerprint density at radius 3 is 2.90 bits per heavy atom. The molecule has 3 aromatic rings. The van der Waals surface area contributed by atoms with E-state index in [2.05, 4.69) is 23.2 Å². The number of hydrogen-bond acceptors (Lipinski definition) is 7. The number of benzene rings is 2. The molecule has 4 rings (SSSR count). The molecule has 1 unspecified atom stereocenters. The van der Waals surface area contributed by atoms with E-state index in [0.717, 1.165) is 22.6 Å². The van der Waals surface area contributed by atoms with Crippen molar-refractivity contribution in [2.45, 2.75) is 35.6 Å². The number of aromatic nitrogens is 2. The highest BCUT2D eigenvalue weighted by Crippen LogP contribution is 2.38. The van der Waals surface area contributed by atoms with Gasteiger partial charge in [-0.25, -0.2) is 0 Å². The van der Waals surface area contributed by atoms with Crippen molar-refractivity contribution in [3.8, 4) is 17.2 Å². The molecule has 2 heterocycles. The molecule has 8 heteroatoms. The van der Waals surface area contributed by atoms with Gasteiger partial charge < -0.3 is 14.1 Å². The minimum Gasteiger partial charge on any atom is -0.493 e. The Hall–Kier alpha value is -2.45. The van der Waals surface area contributed by atoms with Crippen LogP contribution >= 0.6 is 23.5 Å². The summed E-state index contributed by atoms with van der Waals surface area (Å²) in [6, 6.07) is 15.6. The summed E-state index contributed by atoms with van der Waals surface area (Å²) in [6.07, 6.45) is 0.953. The monoisotopic (exact) mass is 441 g/mol. The molecule has 0 saturated carbocycles. The van der Waals surface area contributed by atoms with E-state index in [-0.39, 0.29) is 11.7 Å². The molecule has 0 bridgehead atoms. The van der Waals surface area contributed by atoms with Gasteiger partial charge in [0.25, 0.3) is 11.1 Å². The van der Waals surface area contributed by atoms with Crippen LogP contribution in [0.15, 0.2) is 63.1 Å². The predicted octanol–water partition coefficient (Wildman–Crippen LogP) is 5.14. The first-order valence-corrected chi connectivity index (χ1v) is 11.8. The molecule has 0 N–H and O–H groups in total. The SMILES string of the molecule is CCOc1ccccc1-c1nnc(SCC(=O)N2CCC(C)Sc3ccccc32)o1. The summed E-state index contributed by atoms with van der Waals surface area (Å²) in [6.45, 7) is 5.39. The number of thioether (sulfide) groups is 2. The third kappa shape index (κ3) is 4.65. The lowest BCUT2D eigenvalue weighted by atomic mass is 10.2. The molecule has 0 fully saturated rings. The van der Waals surface area contributed by atoms with Crippen molar-refractivity contribution in [3.05, 3.63) is 48.5 Å². The lowest BCUT2D eigenvalue weighted by Gasteiger charge is -2.22. The predicted molar refractivity (Wildman–Crippen MR) is 120 cm³/mol. The first-order chi connectivity index (χ1) is 14.7. The molecule has 156 valence electrons. The molecule has 0 aliphatic carbocycles. The summed E-state index contributed by atoms with van der Waals surface area (Å²) in [5.74, 6) is 1.36. The van der Waals surface area contributed by atoms with Gasteiger partial charge in [-0.3, -0.25) is 4.79 Å². The van der Waals surface area contributed by atoms with E-state index in [0.29, 0.717) is 35.3 Å². The van der Waals surface area contributed by atoms with E-state index in [1.54, 1.807) is 0 Å². The first kappa shape index (κ1) is 20.8. The third-order valence-electron chi connectivity index (χ3n) is 4.69. The first-order valence-electron chi connectivity index (χ1n) is 9.90. The quantitative estimate of drug-likeness (QED) is 0.490. The number of fused-ring (bicyclic) bond motifs is 1. The van der Waals surface area contributed by atoms with Crippen LogP contribution in [0, 0.1) is 0 Å². The van der Waals surface area contributed by atoms with Gasteiger partial charge in [0.05, 0.1) is 23.6 Å². The largest absolute Gasteiger partial charge is 0.493 e. The number of carbonyl (C=O) groups is 1. The van der Waals surface area contributed by atoms with Gasteiger partial charge in [-0.1, -0.05) is 43.0 Å². The Bertz CT molecular complexity index is 1020. The van der Waals surface area contributed by atoms with Crippen LogP contribution in [0.4, 0.5) is 5.69 Å². The topological polar surface area (TPSA) is 68.5 Å². The van der Waals surface area contributed by atoms with Crippen LogP contribution in [-0.4, -0.2) is 40.3 Å². The Morgan fingerprint density at radius 1 is 1.23 bits per heavy atom. The number of nitrogens with zero attached hydrogens (tertiary/aromatic N) is 3. The van der Waals surface area contributed by atoms with E-state index in [9.17, 15) is 4.79 Å². The molecule has 1 amide bonds. The van der Waals surface area contributed by atoms with Crippen LogP contribution in [0.3, 0.4) is 0 Å². The molecule has 0 radical (unpaired) electrons. The number of anilines is 1. The summed E-state index contributed by atoms with van der Waals surface area (Å²) in [5.41, 5.74) is 1.73. The van der Waals surface area contributed by atoms with Crippen LogP contribution in [0.1, 0.15) is 20.3 Å². The van der Waals surface area contributed by atoms with E-state index < -0.39 is 0 Å². The van der Waals surface area contributed by atoms with E-state index >= 15 is 0 Å². The fraction of sp³-hybridized carbons (Fsp3) is 0.318. The Balaban J connectivity index is 1.46. The highest BCUT2D eigenvalue weighted by atomic mass is 32.2. The van der Waals surface area contributed by atoms with Crippen molar-refractivity contribution in [1.82, 2.24) is 10.2 Å². The molecule has 1 atom stereocenters. The molecule has 2 aromatic carbocycles. The summed E-state index contributed by atoms with van der Waals surface area (Å²) in [7, 11) is 0. The van der Waals surface area contributed by atoms with Crippen molar-refractivity contribution in [3.63, 3.8) is 0 Å². The standard InChI is InChI=1S/C22H23N3O3S2/c1-3-27-18-10-6-4-8-16(18)21-23-24-22(28-21)29-14-20(26)25-13-12-15(2)30-19-11-7-5-9-17(19)25/h4-11,15H,3,12-14H2,1-2H3. The fourth-order valence-electron chi connectivity index (χ4n) is 3.25. The van der Waals surface area contributed by atoms with Gasteiger partial charge in [-0.15, -0.1) is 22.0 Å². The summed E-state index contributed by atoms with van der Waals surface area (Å²) in [4.78, 5) is 16.0. The maximum absolute atomic E-state index is 13.0. The van der Waals surface area contributed by atoms with Crippen molar-refractivity contribution in [2.75, 3.05) is 23.8 Å². The van der Waals surface area contributed by atoms with E-state index in [4.69, 9.17) is 9.15 Å². The van der Waals surface area contributed by atoms with Crippen molar-refractivity contribution >= 4 is 35.1 Å². The van der Waals surface area contributed by atoms with Crippen molar-refractivity contribution < 1.29 is 13.9 Å². The smallest absolute Gasteiger partial charge is 0.277 e. The number of amides is 1. The lowest BCUT2D eigenvalue weighted by molar-refractivity contribution is -0.116. The van der Waals surface area contributed by atoms with Crippen LogP contribution in [0.5, 0.6) is 5.75 Å². The molecular weight excluding hydrogens is 418 g/mol. The summed E-state index contributed by atoms with van der Waals surface area (Å²) in [5, 5.41) is 9.08. The zero-order valence-electron chi connectivity index (χ0n) is 16.9. The van der Waals surface area contributed by atoms with Crippen molar-refractivity contribution in [2.24, 2.45) is 0 Å². The molecule has 30 heavy (non-hydrogen) atoms. The van der Waals surface area contributed by atoms with Gasteiger partial charge in [0.2, 0.25) is 5.91 Å². The minimum atomic E-state index is 0.0385. The number of para-hydroxylation sites is 2. The van der Waals surface area contributed by atoms with Crippen LogP contribution < -0.4 is 9.64 Å². The maximum atomic E-state index is 13.0. The minimum absolute atomic E-state index is 0.0385. The van der Waals surface area contributed by atoms with Crippen LogP contribution in [0.2, 0.25) is 0 Å². The average molecular weight is 442 g/mol. The number of hydrogen-bond donors (Lipinski definition) is 0. The third-order valence-corrected chi connectivity index (χ3v) is 6.73. The number of rotatable bonds is 6. The second-order valence-electron chi connectivity index (χ2n) is 6.82. The van der Waals surface area contributed by atoms with Crippen LogP contribution in [0.25, 0.3) is 11.5 Å². The molecule has 6 nitrogen and oxygen atoms in total. The zero-order chi connectivity index (χ0) is 20.9. The second kappa shape index (κ2) is 9.57. The highest BCUT2D eigenvalue weighted by Gasteiger charge is 2.24. The van der Waals surface area contributed by atoms with E-state index in [1.165, 1.54) is 11.8 Å². The molecular formula is C22H23N3O3S2. The molecule has 1 aliphatic rings. The van der Waals surface area contributed by atoms with Crippen LogP contribution in [-0.2, 0) is 4.79 Å². The number of carbonyl (C=O) groups excluding carboxylic acids is 1. The van der Waals surface area contributed by atoms with Gasteiger partial charge in [0.15, 0.2) is 0 Å². The summed E-state index contributed by atoms with van der Waals surface area (Å²) < 4.78 is 11.4. The van der Waals surface area contributed by atoms with Gasteiger partial charge >= 0.3 is 0 Å². The Labute approximate surface area is 184 Å². The molecule has 0 spiro atoms. The Morgan fingerprint density at radius 2 is 2.03 bits per heavy atom. The zero-order valence-corrected chi connectivity index (χ0v) is 18.5. The van der Waals surface area contributed by atoms with Gasteiger partial charge in [-0.05, 0) is 37.6 Å². The second-order valence-corrected chi connectivity index (χ2v) is 9.23. The van der Waals surface area contributed by atoms with E-state index in [1.807, 2.05) is 66.1 Å². The molecule has 1 aromatic heterocycles. The summed E-state index contributed by atoms with van der Waals surface area (Å²) >= 11 is 3.08. The van der Waals surface area contributed by atoms with Gasteiger partial charge in [0.1, 0.15) is 5.75 Å². The normalized spacial score (nSPS) is 16.1. The average Bonchev–Trinajstić information content (AvgIpc) is 3.16. The Kier molecular flexibility index (Phi) is 6.64. The highest BCUT2D eigenvalue weighted by molar-refractivity contribution is 8.00. The van der Waals surface area contributed by atoms with Crippen molar-refractivity contribution in [1.29, 1.82) is 0 Å². The maximum Gasteiger partial charge on any atom is 0.277 e. The lowest BCUT2D eigenvalue weighted by Crippen LogP contribution is -2.33.